The number of alkyl halides is 3. The van der Waals surface area contributed by atoms with Crippen LogP contribution in [0.4, 0.5) is 18.9 Å². The van der Waals surface area contributed by atoms with Crippen LogP contribution in [0, 0.1) is 0 Å². The first-order valence-corrected chi connectivity index (χ1v) is 8.07. The van der Waals surface area contributed by atoms with E-state index in [-0.39, 0.29) is 29.6 Å². The Morgan fingerprint density at radius 2 is 1.69 bits per heavy atom. The maximum absolute atomic E-state index is 12.3. The first-order chi connectivity index (χ1) is 11.8. The summed E-state index contributed by atoms with van der Waals surface area (Å²) in [6, 6.07) is 4.31. The summed E-state index contributed by atoms with van der Waals surface area (Å²) in [4.78, 5) is 24.9. The molecule has 0 bridgehead atoms. The second-order valence-corrected chi connectivity index (χ2v) is 7.10. The van der Waals surface area contributed by atoms with Gasteiger partial charge in [-0.15, -0.1) is 13.2 Å². The quantitative estimate of drug-likeness (QED) is 0.702. The van der Waals surface area contributed by atoms with Gasteiger partial charge in [0.25, 0.3) is 11.8 Å². The van der Waals surface area contributed by atoms with Gasteiger partial charge in [0.15, 0.2) is 12.6 Å². The van der Waals surface area contributed by atoms with Crippen molar-refractivity contribution in [3.05, 3.63) is 24.3 Å². The van der Waals surface area contributed by atoms with Crippen molar-refractivity contribution in [3.8, 4) is 5.75 Å². The summed E-state index contributed by atoms with van der Waals surface area (Å²) < 4.78 is 40.1. The molecule has 0 saturated carbocycles. The Kier molecular flexibility index (Phi) is 7.02. The number of carbonyl (C=O) groups excluding carboxylic acids is 2. The van der Waals surface area contributed by atoms with E-state index in [0.717, 1.165) is 12.1 Å². The second-order valence-electron chi connectivity index (χ2n) is 7.10. The Balaban J connectivity index is 2.59. The summed E-state index contributed by atoms with van der Waals surface area (Å²) in [5, 5.41) is 5.43. The summed E-state index contributed by atoms with van der Waals surface area (Å²) >= 11 is 0. The van der Waals surface area contributed by atoms with E-state index in [4.69, 9.17) is 0 Å². The molecule has 0 aromatic heterocycles. The lowest BCUT2D eigenvalue weighted by Gasteiger charge is -2.24. The Morgan fingerprint density at radius 1 is 1.15 bits per heavy atom. The van der Waals surface area contributed by atoms with E-state index in [9.17, 15) is 22.8 Å². The standard InChI is InChI=1S/C17H24F3N3O3/c1-11(23(5)10-14(24)22-16(2,3)4)15(25)21-12-6-8-13(9-7-12)26-17(18,19)20/h6-9,11H,10H2,1-5H3,(H,21,25)(H,22,24)/p+1/t11-/m0/s1. The van der Waals surface area contributed by atoms with Crippen molar-refractivity contribution in [1.82, 2.24) is 5.32 Å². The highest BCUT2D eigenvalue weighted by Gasteiger charge is 2.31. The number of likely N-dealkylation sites (N-methyl/N-ethyl adjacent to an activating group) is 1. The van der Waals surface area contributed by atoms with Gasteiger partial charge in [-0.25, -0.2) is 0 Å². The van der Waals surface area contributed by atoms with Gasteiger partial charge in [0.05, 0.1) is 7.05 Å². The Labute approximate surface area is 150 Å². The SMILES string of the molecule is C[C@@H](C(=O)Nc1ccc(OC(F)(F)F)cc1)[NH+](C)CC(=O)NC(C)(C)C. The monoisotopic (exact) mass is 376 g/mol. The van der Waals surface area contributed by atoms with Crippen molar-refractivity contribution in [1.29, 1.82) is 0 Å². The largest absolute Gasteiger partial charge is 0.573 e. The fourth-order valence-electron chi connectivity index (χ4n) is 2.08. The minimum atomic E-state index is -4.76. The van der Waals surface area contributed by atoms with Gasteiger partial charge in [-0.05, 0) is 52.0 Å². The lowest BCUT2D eigenvalue weighted by molar-refractivity contribution is -0.885. The van der Waals surface area contributed by atoms with Crippen LogP contribution >= 0.6 is 0 Å². The molecular weight excluding hydrogens is 351 g/mol. The van der Waals surface area contributed by atoms with E-state index in [1.807, 2.05) is 20.8 Å². The predicted octanol–water partition coefficient (Wildman–Crippen LogP) is 1.34. The van der Waals surface area contributed by atoms with Crippen LogP contribution in [0.3, 0.4) is 0 Å². The first-order valence-electron chi connectivity index (χ1n) is 8.07. The van der Waals surface area contributed by atoms with Gasteiger partial charge in [0.1, 0.15) is 5.75 Å². The molecular formula is C17H25F3N3O3+. The third kappa shape index (κ3) is 8.19. The molecule has 2 atom stereocenters. The maximum atomic E-state index is 12.3. The van der Waals surface area contributed by atoms with Gasteiger partial charge in [-0.3, -0.25) is 9.59 Å². The van der Waals surface area contributed by atoms with Gasteiger partial charge >= 0.3 is 6.36 Å². The number of hydrogen-bond donors (Lipinski definition) is 3. The van der Waals surface area contributed by atoms with E-state index in [2.05, 4.69) is 15.4 Å². The highest BCUT2D eigenvalue weighted by molar-refractivity contribution is 5.93. The summed E-state index contributed by atoms with van der Waals surface area (Å²) in [7, 11) is 1.72. The fourth-order valence-corrected chi connectivity index (χ4v) is 2.08. The average molecular weight is 376 g/mol. The van der Waals surface area contributed by atoms with E-state index in [0.29, 0.717) is 10.6 Å². The van der Waals surface area contributed by atoms with Crippen LogP contribution in [-0.2, 0) is 9.59 Å². The number of quaternary nitrogens is 1. The predicted molar refractivity (Wildman–Crippen MR) is 90.9 cm³/mol. The molecule has 1 rings (SSSR count). The van der Waals surface area contributed by atoms with Crippen LogP contribution in [0.2, 0.25) is 0 Å². The van der Waals surface area contributed by atoms with Gasteiger partial charge in [0, 0.05) is 11.2 Å². The van der Waals surface area contributed by atoms with Crippen LogP contribution < -0.4 is 20.3 Å². The molecule has 0 aliphatic rings. The third-order valence-corrected chi connectivity index (χ3v) is 3.44. The van der Waals surface area contributed by atoms with E-state index in [1.165, 1.54) is 12.1 Å². The van der Waals surface area contributed by atoms with E-state index >= 15 is 0 Å². The summed E-state index contributed by atoms with van der Waals surface area (Å²) in [5.74, 6) is -0.899. The van der Waals surface area contributed by atoms with Crippen molar-refractivity contribution >= 4 is 17.5 Å². The summed E-state index contributed by atoms with van der Waals surface area (Å²) in [6.45, 7) is 7.37. The molecule has 0 aliphatic carbocycles. The Bertz CT molecular complexity index is 625. The molecule has 1 aromatic carbocycles. The van der Waals surface area contributed by atoms with Crippen LogP contribution in [-0.4, -0.2) is 43.3 Å². The van der Waals surface area contributed by atoms with Crippen LogP contribution in [0.25, 0.3) is 0 Å². The number of rotatable bonds is 6. The fraction of sp³-hybridized carbons (Fsp3) is 0.529. The highest BCUT2D eigenvalue weighted by atomic mass is 19.4. The van der Waals surface area contributed by atoms with E-state index in [1.54, 1.807) is 14.0 Å². The number of benzene rings is 1. The van der Waals surface area contributed by atoms with E-state index < -0.39 is 12.4 Å². The number of hydrogen-bond acceptors (Lipinski definition) is 3. The first kappa shape index (κ1) is 21.8. The third-order valence-electron chi connectivity index (χ3n) is 3.44. The molecule has 0 saturated heterocycles. The topological polar surface area (TPSA) is 71.9 Å². The van der Waals surface area contributed by atoms with Crippen LogP contribution in [0.1, 0.15) is 27.7 Å². The van der Waals surface area contributed by atoms with Crippen molar-refractivity contribution < 1.29 is 32.4 Å². The van der Waals surface area contributed by atoms with Crippen LogP contribution in [0.5, 0.6) is 5.75 Å². The Morgan fingerprint density at radius 3 is 2.15 bits per heavy atom. The molecule has 0 fully saturated rings. The number of nitrogens with one attached hydrogen (secondary N) is 3. The molecule has 9 heteroatoms. The Hall–Kier alpha value is -2.29. The van der Waals surface area contributed by atoms with Gasteiger partial charge in [0.2, 0.25) is 0 Å². The minimum absolute atomic E-state index is 0.115. The normalized spacial score (nSPS) is 14.3. The van der Waals surface area contributed by atoms with Crippen molar-refractivity contribution in [3.63, 3.8) is 0 Å². The molecule has 0 spiro atoms. The van der Waals surface area contributed by atoms with Gasteiger partial charge in [-0.2, -0.15) is 0 Å². The van der Waals surface area contributed by atoms with Crippen LogP contribution in [0.15, 0.2) is 24.3 Å². The number of carbonyl (C=O) groups is 2. The molecule has 3 N–H and O–H groups in total. The molecule has 1 aromatic rings. The second kappa shape index (κ2) is 8.39. The molecule has 0 aliphatic heterocycles. The minimum Gasteiger partial charge on any atom is -0.406 e. The molecule has 1 unspecified atom stereocenters. The number of ether oxygens (including phenoxy) is 1. The average Bonchev–Trinajstić information content (AvgIpc) is 2.44. The lowest BCUT2D eigenvalue weighted by Crippen LogP contribution is -3.15. The van der Waals surface area contributed by atoms with Gasteiger partial charge < -0.3 is 20.3 Å². The zero-order chi connectivity index (χ0) is 20.1. The van der Waals surface area contributed by atoms with Crippen molar-refractivity contribution in [2.24, 2.45) is 0 Å². The zero-order valence-electron chi connectivity index (χ0n) is 15.5. The highest BCUT2D eigenvalue weighted by Crippen LogP contribution is 2.23. The lowest BCUT2D eigenvalue weighted by atomic mass is 10.1. The molecule has 0 heterocycles. The summed E-state index contributed by atoms with van der Waals surface area (Å²) in [6.07, 6.45) is -4.76. The zero-order valence-corrected chi connectivity index (χ0v) is 15.5. The number of amides is 2. The maximum Gasteiger partial charge on any atom is 0.573 e. The smallest absolute Gasteiger partial charge is 0.406 e. The molecule has 6 nitrogen and oxygen atoms in total. The number of anilines is 1. The molecule has 146 valence electrons. The molecule has 2 amide bonds. The summed E-state index contributed by atoms with van der Waals surface area (Å²) in [5.41, 5.74) is -0.0216. The molecule has 26 heavy (non-hydrogen) atoms. The van der Waals surface area contributed by atoms with Gasteiger partial charge in [-0.1, -0.05) is 0 Å². The molecule has 0 radical (unpaired) electrons. The van der Waals surface area contributed by atoms with Crippen molar-refractivity contribution in [2.75, 3.05) is 18.9 Å². The number of halogens is 3. The van der Waals surface area contributed by atoms with Crippen molar-refractivity contribution in [2.45, 2.75) is 45.6 Å².